The first-order chi connectivity index (χ1) is 15.2. The van der Waals surface area contributed by atoms with E-state index in [4.69, 9.17) is 10.00 Å². The van der Waals surface area contributed by atoms with Crippen molar-refractivity contribution in [3.05, 3.63) is 47.0 Å². The Morgan fingerprint density at radius 1 is 1.31 bits per heavy atom. The second-order valence-electron chi connectivity index (χ2n) is 6.90. The fraction of sp³-hybridized carbons (Fsp3) is 0.316. The molecular formula is C19H15F3N6O3S. The summed E-state index contributed by atoms with van der Waals surface area (Å²) in [5.74, 6) is -0.767. The Labute approximate surface area is 183 Å². The second-order valence-corrected chi connectivity index (χ2v) is 7.91. The van der Waals surface area contributed by atoms with Crippen LogP contribution >= 0.6 is 11.3 Å². The molecule has 0 aliphatic heterocycles. The van der Waals surface area contributed by atoms with E-state index in [2.05, 4.69) is 25.1 Å². The zero-order valence-electron chi connectivity index (χ0n) is 16.5. The van der Waals surface area contributed by atoms with Gasteiger partial charge in [0.25, 0.3) is 5.91 Å². The average molecular weight is 464 g/mol. The van der Waals surface area contributed by atoms with E-state index >= 15 is 0 Å². The lowest BCUT2D eigenvalue weighted by molar-refractivity contribution is -0.274. The molecule has 0 bridgehead atoms. The minimum Gasteiger partial charge on any atom is -0.490 e. The number of benzene rings is 1. The lowest BCUT2D eigenvalue weighted by Crippen LogP contribution is -2.29. The second kappa shape index (κ2) is 8.46. The van der Waals surface area contributed by atoms with Crippen molar-refractivity contribution in [3.8, 4) is 22.7 Å². The molecule has 0 radical (unpaired) electrons. The Balaban J connectivity index is 1.55. The Bertz CT molecular complexity index is 1180. The Morgan fingerprint density at radius 3 is 2.72 bits per heavy atom. The van der Waals surface area contributed by atoms with Crippen LogP contribution in [0.15, 0.2) is 30.7 Å². The highest BCUT2D eigenvalue weighted by Gasteiger charge is 2.32. The molecule has 4 rings (SSSR count). The van der Waals surface area contributed by atoms with Crippen molar-refractivity contribution in [1.82, 2.24) is 25.1 Å². The number of aromatic nitrogens is 4. The number of ether oxygens (including phenoxy) is 2. The highest BCUT2D eigenvalue weighted by Crippen LogP contribution is 2.32. The predicted octanol–water partition coefficient (Wildman–Crippen LogP) is 3.53. The molecule has 32 heavy (non-hydrogen) atoms. The van der Waals surface area contributed by atoms with Crippen molar-refractivity contribution in [2.24, 2.45) is 0 Å². The van der Waals surface area contributed by atoms with Crippen LogP contribution in [0.2, 0.25) is 0 Å². The summed E-state index contributed by atoms with van der Waals surface area (Å²) in [5, 5.41) is 16.1. The van der Waals surface area contributed by atoms with E-state index in [1.165, 1.54) is 23.3 Å². The van der Waals surface area contributed by atoms with E-state index in [0.717, 1.165) is 36.3 Å². The molecule has 2 aromatic heterocycles. The largest absolute Gasteiger partial charge is 0.573 e. The van der Waals surface area contributed by atoms with Crippen molar-refractivity contribution < 1.29 is 27.4 Å². The maximum absolute atomic E-state index is 12.8. The number of nitriles is 1. The minimum absolute atomic E-state index is 0.0682. The number of amides is 1. The monoisotopic (exact) mass is 464 g/mol. The van der Waals surface area contributed by atoms with Crippen LogP contribution < -0.4 is 14.8 Å². The number of thiazole rings is 1. The number of nitrogens with zero attached hydrogens (tertiary/aromatic N) is 5. The third kappa shape index (κ3) is 5.14. The lowest BCUT2D eigenvalue weighted by atomic mass is 10.1. The van der Waals surface area contributed by atoms with E-state index in [9.17, 15) is 18.0 Å². The maximum atomic E-state index is 12.8. The molecular weight excluding hydrogens is 449 g/mol. The zero-order chi connectivity index (χ0) is 22.9. The van der Waals surface area contributed by atoms with Gasteiger partial charge >= 0.3 is 6.36 Å². The van der Waals surface area contributed by atoms with Crippen LogP contribution in [0.4, 0.5) is 13.2 Å². The zero-order valence-corrected chi connectivity index (χ0v) is 17.3. The van der Waals surface area contributed by atoms with E-state index in [1.807, 2.05) is 6.07 Å². The molecule has 1 amide bonds. The van der Waals surface area contributed by atoms with Crippen LogP contribution in [0.3, 0.4) is 0 Å². The molecule has 1 aliphatic carbocycles. The van der Waals surface area contributed by atoms with Gasteiger partial charge in [0.05, 0.1) is 18.3 Å². The quantitative estimate of drug-likeness (QED) is 0.569. The number of carbonyl (C=O) groups is 1. The predicted molar refractivity (Wildman–Crippen MR) is 104 cm³/mol. The molecule has 166 valence electrons. The molecule has 1 saturated carbocycles. The van der Waals surface area contributed by atoms with Crippen molar-refractivity contribution in [2.45, 2.75) is 38.3 Å². The van der Waals surface area contributed by atoms with Gasteiger partial charge in [-0.05, 0) is 31.9 Å². The Kier molecular flexibility index (Phi) is 5.70. The molecule has 13 heteroatoms. The highest BCUT2D eigenvalue weighted by molar-refractivity contribution is 7.14. The van der Waals surface area contributed by atoms with Crippen molar-refractivity contribution in [2.75, 3.05) is 0 Å². The summed E-state index contributed by atoms with van der Waals surface area (Å²) in [6, 6.07) is 4.73. The summed E-state index contributed by atoms with van der Waals surface area (Å²) in [4.78, 5) is 21.4. The van der Waals surface area contributed by atoms with Crippen molar-refractivity contribution in [1.29, 1.82) is 5.26 Å². The summed E-state index contributed by atoms with van der Waals surface area (Å²) in [6.07, 6.45) is -0.745. The summed E-state index contributed by atoms with van der Waals surface area (Å²) in [5.41, 5.74) is -0.0682. The first kappa shape index (κ1) is 21.6. The van der Waals surface area contributed by atoms with Crippen molar-refractivity contribution >= 4 is 17.2 Å². The summed E-state index contributed by atoms with van der Waals surface area (Å²) >= 11 is 1.09. The van der Waals surface area contributed by atoms with Gasteiger partial charge in [-0.1, -0.05) is 11.3 Å². The SMILES string of the molecule is C[C@H](NC(=O)c1cc(OC2CC2)cc(OC(F)(F)F)c1)c1ncnn1-c1ncc(C#N)s1. The number of halogens is 3. The van der Waals surface area contributed by atoms with E-state index in [-0.39, 0.29) is 17.4 Å². The molecule has 0 saturated heterocycles. The number of alkyl halides is 3. The molecule has 0 spiro atoms. The molecule has 1 atom stereocenters. The fourth-order valence-corrected chi connectivity index (χ4v) is 3.47. The minimum atomic E-state index is -4.91. The van der Waals surface area contributed by atoms with Gasteiger partial charge in [-0.15, -0.1) is 13.2 Å². The van der Waals surface area contributed by atoms with Crippen LogP contribution in [0.25, 0.3) is 5.13 Å². The number of nitrogens with one attached hydrogen (secondary N) is 1. The standard InChI is InChI=1S/C19H15F3N6O3S/c1-10(16-25-9-26-28(16)18-24-8-15(7-23)32-18)27-17(29)11-4-13(30-12-2-3-12)6-14(5-11)31-19(20,21)22/h4-6,8-10,12H,2-3H2,1H3,(H,27,29)/t10-/m0/s1. The van der Waals surface area contributed by atoms with Crippen molar-refractivity contribution in [3.63, 3.8) is 0 Å². The van der Waals surface area contributed by atoms with Gasteiger partial charge in [0.2, 0.25) is 5.13 Å². The van der Waals surface area contributed by atoms with E-state index < -0.39 is 24.1 Å². The fourth-order valence-electron chi connectivity index (χ4n) is 2.79. The highest BCUT2D eigenvalue weighted by atomic mass is 32.1. The third-order valence-electron chi connectivity index (χ3n) is 4.30. The number of rotatable bonds is 7. The smallest absolute Gasteiger partial charge is 0.490 e. The lowest BCUT2D eigenvalue weighted by Gasteiger charge is -2.16. The van der Waals surface area contributed by atoms with Gasteiger partial charge in [-0.25, -0.2) is 9.97 Å². The van der Waals surface area contributed by atoms with Gasteiger partial charge in [-0.3, -0.25) is 4.79 Å². The normalized spacial score (nSPS) is 14.5. The van der Waals surface area contributed by atoms with E-state index in [0.29, 0.717) is 15.8 Å². The topological polar surface area (TPSA) is 115 Å². The number of hydrogen-bond acceptors (Lipinski definition) is 8. The molecule has 2 heterocycles. The van der Waals surface area contributed by atoms with Gasteiger partial charge in [0, 0.05) is 11.6 Å². The van der Waals surface area contributed by atoms with Crippen LogP contribution in [0.1, 0.15) is 46.9 Å². The molecule has 9 nitrogen and oxygen atoms in total. The Morgan fingerprint density at radius 2 is 2.06 bits per heavy atom. The first-order valence-electron chi connectivity index (χ1n) is 9.36. The molecule has 1 aliphatic rings. The number of hydrogen-bond donors (Lipinski definition) is 1. The van der Waals surface area contributed by atoms with Gasteiger partial charge in [0.1, 0.15) is 28.8 Å². The van der Waals surface area contributed by atoms with Crippen LogP contribution in [-0.2, 0) is 0 Å². The van der Waals surface area contributed by atoms with Crippen LogP contribution in [-0.4, -0.2) is 38.1 Å². The van der Waals surface area contributed by atoms with Crippen LogP contribution in [0, 0.1) is 11.3 Å². The summed E-state index contributed by atoms with van der Waals surface area (Å²) in [7, 11) is 0. The molecule has 3 aromatic rings. The summed E-state index contributed by atoms with van der Waals surface area (Å²) in [6.45, 7) is 1.63. The van der Waals surface area contributed by atoms with Gasteiger partial charge in [-0.2, -0.15) is 15.0 Å². The first-order valence-corrected chi connectivity index (χ1v) is 10.2. The molecule has 0 unspecified atom stereocenters. The molecule has 1 N–H and O–H groups in total. The maximum Gasteiger partial charge on any atom is 0.573 e. The van der Waals surface area contributed by atoms with E-state index in [1.54, 1.807) is 6.92 Å². The number of carbonyl (C=O) groups excluding carboxylic acids is 1. The molecule has 1 aromatic carbocycles. The Hall–Kier alpha value is -3.66. The van der Waals surface area contributed by atoms with Gasteiger partial charge < -0.3 is 14.8 Å². The van der Waals surface area contributed by atoms with Crippen LogP contribution in [0.5, 0.6) is 11.5 Å². The van der Waals surface area contributed by atoms with Gasteiger partial charge in [0.15, 0.2) is 5.82 Å². The molecule has 1 fully saturated rings. The summed E-state index contributed by atoms with van der Waals surface area (Å²) < 4.78 is 49.0. The third-order valence-corrected chi connectivity index (χ3v) is 5.17. The average Bonchev–Trinajstić information content (AvgIpc) is 3.20.